The summed E-state index contributed by atoms with van der Waals surface area (Å²) in [5, 5.41) is 3.59. The van der Waals surface area contributed by atoms with Crippen LogP contribution in [0.1, 0.15) is 38.7 Å². The zero-order valence-corrected chi connectivity index (χ0v) is 22.0. The number of benzene rings is 2. The van der Waals surface area contributed by atoms with Gasteiger partial charge in [0.15, 0.2) is 0 Å². The number of hydrogen-bond donors (Lipinski definition) is 1. The summed E-state index contributed by atoms with van der Waals surface area (Å²) in [6.07, 6.45) is 0.758. The quantitative estimate of drug-likeness (QED) is 0.444. The Balaban J connectivity index is 2.17. The Morgan fingerprint density at radius 2 is 1.62 bits per heavy atom. The van der Waals surface area contributed by atoms with Gasteiger partial charge in [0.1, 0.15) is 6.04 Å². The van der Waals surface area contributed by atoms with Gasteiger partial charge in [-0.15, -0.1) is 0 Å². The predicted octanol–water partition coefficient (Wildman–Crippen LogP) is 4.34. The van der Waals surface area contributed by atoms with Crippen molar-refractivity contribution in [2.24, 2.45) is 0 Å². The van der Waals surface area contributed by atoms with Crippen molar-refractivity contribution in [3.63, 3.8) is 0 Å². The summed E-state index contributed by atoms with van der Waals surface area (Å²) in [5.41, 5.74) is 0.561. The molecule has 0 bridgehead atoms. The zero-order chi connectivity index (χ0) is 25.3. The van der Waals surface area contributed by atoms with E-state index in [2.05, 4.69) is 5.32 Å². The SMILES string of the molecule is CCNC(=O)[C@@H](CC)N(Cc1c(Cl)cccc1Cl)C(=O)CCCN(C)S(=O)(=O)c1ccccc1. The minimum Gasteiger partial charge on any atom is -0.355 e. The molecule has 34 heavy (non-hydrogen) atoms. The molecule has 1 N–H and O–H groups in total. The first-order valence-electron chi connectivity index (χ1n) is 11.1. The van der Waals surface area contributed by atoms with E-state index in [-0.39, 0.29) is 36.2 Å². The lowest BCUT2D eigenvalue weighted by Crippen LogP contribution is -2.49. The molecular formula is C24H31Cl2N3O4S. The molecule has 0 heterocycles. The lowest BCUT2D eigenvalue weighted by atomic mass is 10.1. The van der Waals surface area contributed by atoms with Gasteiger partial charge in [0.2, 0.25) is 21.8 Å². The molecule has 7 nitrogen and oxygen atoms in total. The molecule has 0 aromatic heterocycles. The average Bonchev–Trinajstić information content (AvgIpc) is 2.81. The van der Waals surface area contributed by atoms with Crippen LogP contribution in [-0.4, -0.2) is 55.6 Å². The van der Waals surface area contributed by atoms with Gasteiger partial charge in [-0.1, -0.05) is 54.4 Å². The molecule has 186 valence electrons. The van der Waals surface area contributed by atoms with Gasteiger partial charge in [-0.25, -0.2) is 12.7 Å². The van der Waals surface area contributed by atoms with E-state index in [0.717, 1.165) is 0 Å². The number of carbonyl (C=O) groups is 2. The maximum Gasteiger partial charge on any atom is 0.242 e. The van der Waals surface area contributed by atoms with Gasteiger partial charge >= 0.3 is 0 Å². The topological polar surface area (TPSA) is 86.8 Å². The van der Waals surface area contributed by atoms with E-state index in [0.29, 0.717) is 35.0 Å². The van der Waals surface area contributed by atoms with Crippen molar-refractivity contribution in [3.8, 4) is 0 Å². The number of halogens is 2. The third kappa shape index (κ3) is 7.18. The molecule has 0 aliphatic rings. The highest BCUT2D eigenvalue weighted by Gasteiger charge is 2.29. The molecule has 2 aromatic rings. The van der Waals surface area contributed by atoms with Crippen molar-refractivity contribution in [1.29, 1.82) is 0 Å². The Morgan fingerprint density at radius 3 is 2.18 bits per heavy atom. The summed E-state index contributed by atoms with van der Waals surface area (Å²) in [5.74, 6) is -0.537. The summed E-state index contributed by atoms with van der Waals surface area (Å²) < 4.78 is 26.7. The van der Waals surface area contributed by atoms with Crippen molar-refractivity contribution in [2.45, 2.75) is 50.6 Å². The normalized spacial score (nSPS) is 12.4. The molecule has 2 amide bonds. The molecule has 0 spiro atoms. The molecule has 2 rings (SSSR count). The first-order valence-corrected chi connectivity index (χ1v) is 13.3. The van der Waals surface area contributed by atoms with E-state index < -0.39 is 16.1 Å². The average molecular weight is 529 g/mol. The minimum atomic E-state index is -3.65. The number of nitrogens with one attached hydrogen (secondary N) is 1. The van der Waals surface area contributed by atoms with Crippen LogP contribution in [0.2, 0.25) is 10.0 Å². The molecule has 0 saturated carbocycles. The van der Waals surface area contributed by atoms with Crippen LogP contribution in [0.5, 0.6) is 0 Å². The molecular weight excluding hydrogens is 497 g/mol. The van der Waals surface area contributed by atoms with Crippen molar-refractivity contribution >= 4 is 45.0 Å². The number of nitrogens with zero attached hydrogens (tertiary/aromatic N) is 2. The molecule has 0 unspecified atom stereocenters. The predicted molar refractivity (Wildman–Crippen MR) is 135 cm³/mol. The van der Waals surface area contributed by atoms with Crippen molar-refractivity contribution in [3.05, 3.63) is 64.1 Å². The van der Waals surface area contributed by atoms with E-state index in [1.807, 2.05) is 13.8 Å². The van der Waals surface area contributed by atoms with Gasteiger partial charge in [-0.05, 0) is 44.0 Å². The van der Waals surface area contributed by atoms with Gasteiger partial charge in [-0.3, -0.25) is 9.59 Å². The van der Waals surface area contributed by atoms with Crippen LogP contribution in [0.4, 0.5) is 0 Å². The number of hydrogen-bond acceptors (Lipinski definition) is 4. The van der Waals surface area contributed by atoms with Crippen LogP contribution >= 0.6 is 23.2 Å². The number of amides is 2. The van der Waals surface area contributed by atoms with Gasteiger partial charge in [0, 0.05) is 48.7 Å². The first kappa shape index (κ1) is 28.1. The highest BCUT2D eigenvalue weighted by atomic mass is 35.5. The summed E-state index contributed by atoms with van der Waals surface area (Å²) in [4.78, 5) is 27.6. The minimum absolute atomic E-state index is 0.0621. The van der Waals surface area contributed by atoms with Crippen molar-refractivity contribution in [2.75, 3.05) is 20.1 Å². The number of likely N-dealkylation sites (N-methyl/N-ethyl adjacent to an activating group) is 1. The summed E-state index contributed by atoms with van der Waals surface area (Å²) in [6.45, 7) is 4.30. The second-order valence-electron chi connectivity index (χ2n) is 7.78. The largest absolute Gasteiger partial charge is 0.355 e. The molecule has 0 aliphatic heterocycles. The number of carbonyl (C=O) groups excluding carboxylic acids is 2. The van der Waals surface area contributed by atoms with Gasteiger partial charge < -0.3 is 10.2 Å². The molecule has 2 aromatic carbocycles. The fourth-order valence-electron chi connectivity index (χ4n) is 3.55. The first-order chi connectivity index (χ1) is 16.1. The molecule has 1 atom stereocenters. The molecule has 0 fully saturated rings. The van der Waals surface area contributed by atoms with E-state index >= 15 is 0 Å². The Kier molecular flexibility index (Phi) is 10.8. The van der Waals surface area contributed by atoms with E-state index in [1.165, 1.54) is 28.4 Å². The fraction of sp³-hybridized carbons (Fsp3) is 0.417. The second-order valence-corrected chi connectivity index (χ2v) is 10.6. The third-order valence-electron chi connectivity index (χ3n) is 5.44. The van der Waals surface area contributed by atoms with Crippen LogP contribution in [0.3, 0.4) is 0 Å². The van der Waals surface area contributed by atoms with E-state index in [1.54, 1.807) is 36.4 Å². The van der Waals surface area contributed by atoms with Crippen LogP contribution in [0, 0.1) is 0 Å². The number of rotatable bonds is 12. The number of sulfonamides is 1. The smallest absolute Gasteiger partial charge is 0.242 e. The maximum absolute atomic E-state index is 13.3. The Hall–Kier alpha value is -2.13. The Morgan fingerprint density at radius 1 is 1.00 bits per heavy atom. The summed E-state index contributed by atoms with van der Waals surface area (Å²) in [7, 11) is -2.17. The highest BCUT2D eigenvalue weighted by molar-refractivity contribution is 7.89. The molecule has 0 saturated heterocycles. The molecule has 0 aliphatic carbocycles. The monoisotopic (exact) mass is 527 g/mol. The Bertz CT molecular complexity index is 1060. The van der Waals surface area contributed by atoms with Gasteiger partial charge in [0.25, 0.3) is 0 Å². The standard InChI is InChI=1S/C24H31Cl2N3O4S/c1-4-22(24(31)27-5-2)29(17-19-20(25)13-9-14-21(19)26)23(30)15-10-16-28(3)34(32,33)18-11-7-6-8-12-18/h6-9,11-14,22H,4-5,10,15-17H2,1-3H3,(H,27,31)/t22-/m1/s1. The van der Waals surface area contributed by atoms with E-state index in [9.17, 15) is 18.0 Å². The zero-order valence-electron chi connectivity index (χ0n) is 19.6. The third-order valence-corrected chi connectivity index (χ3v) is 8.02. The Labute approximate surface area is 212 Å². The van der Waals surface area contributed by atoms with E-state index in [4.69, 9.17) is 23.2 Å². The van der Waals surface area contributed by atoms with Crippen molar-refractivity contribution < 1.29 is 18.0 Å². The van der Waals surface area contributed by atoms with Crippen LogP contribution in [0.25, 0.3) is 0 Å². The van der Waals surface area contributed by atoms with Crippen LogP contribution in [0.15, 0.2) is 53.4 Å². The molecule has 0 radical (unpaired) electrons. The lowest BCUT2D eigenvalue weighted by Gasteiger charge is -2.31. The van der Waals surface area contributed by atoms with Crippen LogP contribution < -0.4 is 5.32 Å². The highest BCUT2D eigenvalue weighted by Crippen LogP contribution is 2.27. The summed E-state index contributed by atoms with van der Waals surface area (Å²) in [6, 6.07) is 12.5. The molecule has 10 heteroatoms. The maximum atomic E-state index is 13.3. The summed E-state index contributed by atoms with van der Waals surface area (Å²) >= 11 is 12.6. The fourth-order valence-corrected chi connectivity index (χ4v) is 5.30. The van der Waals surface area contributed by atoms with Crippen molar-refractivity contribution in [1.82, 2.24) is 14.5 Å². The lowest BCUT2D eigenvalue weighted by molar-refractivity contribution is -0.141. The van der Waals surface area contributed by atoms with Crippen LogP contribution in [-0.2, 0) is 26.2 Å². The van der Waals surface area contributed by atoms with Gasteiger partial charge in [0.05, 0.1) is 4.90 Å². The van der Waals surface area contributed by atoms with Gasteiger partial charge in [-0.2, -0.15) is 0 Å². The second kappa shape index (κ2) is 13.1.